The second-order valence-electron chi connectivity index (χ2n) is 7.19. The molecule has 0 aliphatic heterocycles. The molecule has 5 rings (SSSR count). The number of para-hydroxylation sites is 1. The molecule has 1 aliphatic carbocycles. The maximum atomic E-state index is 6.45. The van der Waals surface area contributed by atoms with Gasteiger partial charge in [-0.15, -0.1) is 5.10 Å². The van der Waals surface area contributed by atoms with Crippen molar-refractivity contribution in [3.05, 3.63) is 111 Å². The third-order valence-electron chi connectivity index (χ3n) is 5.38. The van der Waals surface area contributed by atoms with Gasteiger partial charge in [0, 0.05) is 4.47 Å². The van der Waals surface area contributed by atoms with E-state index in [1.54, 1.807) is 4.68 Å². The number of halogens is 1. The highest BCUT2D eigenvalue weighted by Crippen LogP contribution is 2.35. The predicted molar refractivity (Wildman–Crippen MR) is 116 cm³/mol. The van der Waals surface area contributed by atoms with Crippen molar-refractivity contribution in [1.29, 1.82) is 0 Å². The summed E-state index contributed by atoms with van der Waals surface area (Å²) >= 11 is 3.57. The van der Waals surface area contributed by atoms with Crippen LogP contribution < -0.4 is 0 Å². The highest BCUT2D eigenvalue weighted by atomic mass is 79.9. The first-order valence-electron chi connectivity index (χ1n) is 9.73. The van der Waals surface area contributed by atoms with Crippen LogP contribution in [0.3, 0.4) is 0 Å². The fraction of sp³-hybridized carbons (Fsp3) is 0.167. The Hall–Kier alpha value is -2.76. The van der Waals surface area contributed by atoms with Gasteiger partial charge in [0.05, 0.1) is 18.5 Å². The van der Waals surface area contributed by atoms with E-state index in [1.165, 1.54) is 22.3 Å². The van der Waals surface area contributed by atoms with Gasteiger partial charge in [0.2, 0.25) is 0 Å². The Morgan fingerprint density at radius 2 is 1.48 bits per heavy atom. The van der Waals surface area contributed by atoms with E-state index in [9.17, 15) is 0 Å². The van der Waals surface area contributed by atoms with E-state index in [4.69, 9.17) is 4.74 Å². The summed E-state index contributed by atoms with van der Waals surface area (Å²) in [5.41, 5.74) is 6.96. The fourth-order valence-electron chi connectivity index (χ4n) is 3.94. The SMILES string of the molecule is Brc1ccccc1-n1cc(COC2c3ccccc3CCc3ccccc32)nn1. The Morgan fingerprint density at radius 1 is 0.862 bits per heavy atom. The average molecular weight is 446 g/mol. The first kappa shape index (κ1) is 18.3. The van der Waals surface area contributed by atoms with E-state index in [0.29, 0.717) is 6.61 Å². The van der Waals surface area contributed by atoms with E-state index in [-0.39, 0.29) is 6.10 Å². The van der Waals surface area contributed by atoms with E-state index < -0.39 is 0 Å². The molecule has 0 atom stereocenters. The lowest BCUT2D eigenvalue weighted by Gasteiger charge is -2.20. The number of rotatable bonds is 4. The highest BCUT2D eigenvalue weighted by Gasteiger charge is 2.24. The number of benzene rings is 3. The van der Waals surface area contributed by atoms with Gasteiger partial charge in [-0.1, -0.05) is 65.9 Å². The summed E-state index contributed by atoms with van der Waals surface area (Å²) in [5, 5.41) is 8.60. The molecule has 0 spiro atoms. The molecule has 0 saturated carbocycles. The summed E-state index contributed by atoms with van der Waals surface area (Å²) in [7, 11) is 0. The molecule has 29 heavy (non-hydrogen) atoms. The monoisotopic (exact) mass is 445 g/mol. The second kappa shape index (κ2) is 7.93. The van der Waals surface area contributed by atoms with E-state index in [0.717, 1.165) is 28.7 Å². The predicted octanol–water partition coefficient (Wildman–Crippen LogP) is 5.43. The van der Waals surface area contributed by atoms with E-state index in [2.05, 4.69) is 74.8 Å². The zero-order chi connectivity index (χ0) is 19.6. The van der Waals surface area contributed by atoms with Gasteiger partial charge in [-0.05, 0) is 63.2 Å². The molecule has 0 saturated heterocycles. The molecule has 5 heteroatoms. The van der Waals surface area contributed by atoms with E-state index >= 15 is 0 Å². The Balaban J connectivity index is 1.43. The molecular weight excluding hydrogens is 426 g/mol. The molecule has 144 valence electrons. The molecular formula is C24H20BrN3O. The van der Waals surface area contributed by atoms with Crippen LogP contribution in [0, 0.1) is 0 Å². The molecule has 0 amide bonds. The van der Waals surface area contributed by atoms with Crippen molar-refractivity contribution in [2.45, 2.75) is 25.6 Å². The lowest BCUT2D eigenvalue weighted by Crippen LogP contribution is -2.08. The molecule has 0 unspecified atom stereocenters. The van der Waals surface area contributed by atoms with Crippen LogP contribution in [-0.4, -0.2) is 15.0 Å². The summed E-state index contributed by atoms with van der Waals surface area (Å²) in [6, 6.07) is 25.1. The van der Waals surface area contributed by atoms with Crippen LogP contribution in [0.15, 0.2) is 83.5 Å². The zero-order valence-corrected chi connectivity index (χ0v) is 17.4. The van der Waals surface area contributed by atoms with Crippen molar-refractivity contribution in [2.75, 3.05) is 0 Å². The maximum Gasteiger partial charge on any atom is 0.109 e. The highest BCUT2D eigenvalue weighted by molar-refractivity contribution is 9.10. The van der Waals surface area contributed by atoms with Gasteiger partial charge in [-0.2, -0.15) is 0 Å². The number of nitrogens with zero attached hydrogens (tertiary/aromatic N) is 3. The van der Waals surface area contributed by atoms with Gasteiger partial charge in [-0.3, -0.25) is 0 Å². The van der Waals surface area contributed by atoms with Gasteiger partial charge in [-0.25, -0.2) is 4.68 Å². The van der Waals surface area contributed by atoms with Crippen LogP contribution in [0.25, 0.3) is 5.69 Å². The smallest absolute Gasteiger partial charge is 0.109 e. The largest absolute Gasteiger partial charge is 0.362 e. The minimum Gasteiger partial charge on any atom is -0.362 e. The van der Waals surface area contributed by atoms with Crippen molar-refractivity contribution >= 4 is 15.9 Å². The molecule has 4 nitrogen and oxygen atoms in total. The molecule has 3 aromatic carbocycles. The topological polar surface area (TPSA) is 39.9 Å². The van der Waals surface area contributed by atoms with Crippen molar-refractivity contribution in [3.63, 3.8) is 0 Å². The van der Waals surface area contributed by atoms with Gasteiger partial charge < -0.3 is 4.74 Å². The van der Waals surface area contributed by atoms with Crippen LogP contribution in [0.4, 0.5) is 0 Å². The Labute approximate surface area is 178 Å². The molecule has 0 N–H and O–H groups in total. The average Bonchev–Trinajstić information content (AvgIpc) is 3.16. The van der Waals surface area contributed by atoms with Gasteiger partial charge in [0.25, 0.3) is 0 Å². The van der Waals surface area contributed by atoms with E-state index in [1.807, 2.05) is 30.5 Å². The lowest BCUT2D eigenvalue weighted by molar-refractivity contribution is 0.0641. The summed E-state index contributed by atoms with van der Waals surface area (Å²) < 4.78 is 9.21. The van der Waals surface area contributed by atoms with Crippen molar-refractivity contribution in [2.24, 2.45) is 0 Å². The first-order valence-corrected chi connectivity index (χ1v) is 10.5. The molecule has 0 bridgehead atoms. The first-order chi connectivity index (χ1) is 14.3. The molecule has 0 fully saturated rings. The van der Waals surface area contributed by atoms with Crippen molar-refractivity contribution in [3.8, 4) is 5.69 Å². The van der Waals surface area contributed by atoms with Crippen molar-refractivity contribution in [1.82, 2.24) is 15.0 Å². The lowest BCUT2D eigenvalue weighted by atomic mass is 9.97. The third kappa shape index (κ3) is 3.63. The molecule has 1 heterocycles. The number of hydrogen-bond acceptors (Lipinski definition) is 3. The van der Waals surface area contributed by atoms with Gasteiger partial charge in [0.15, 0.2) is 0 Å². The van der Waals surface area contributed by atoms with Crippen LogP contribution in [0.2, 0.25) is 0 Å². The van der Waals surface area contributed by atoms with Crippen LogP contribution in [-0.2, 0) is 24.2 Å². The number of hydrogen-bond donors (Lipinski definition) is 0. The standard InChI is InChI=1S/C24H20BrN3O/c25-22-11-5-6-12-23(22)28-15-19(26-27-28)16-29-24-20-9-3-1-7-17(20)13-14-18-8-2-4-10-21(18)24/h1-12,15,24H,13-14,16H2. The zero-order valence-electron chi connectivity index (χ0n) is 15.8. The number of fused-ring (bicyclic) bond motifs is 2. The number of ether oxygens (including phenoxy) is 1. The third-order valence-corrected chi connectivity index (χ3v) is 6.05. The summed E-state index contributed by atoms with van der Waals surface area (Å²) in [5.74, 6) is 0. The Morgan fingerprint density at radius 3 is 2.17 bits per heavy atom. The van der Waals surface area contributed by atoms with Crippen molar-refractivity contribution < 1.29 is 4.74 Å². The molecule has 0 radical (unpaired) electrons. The summed E-state index contributed by atoms with van der Waals surface area (Å²) in [6.45, 7) is 0.401. The minimum atomic E-state index is -0.0986. The fourth-order valence-corrected chi connectivity index (χ4v) is 4.41. The summed E-state index contributed by atoms with van der Waals surface area (Å²) in [4.78, 5) is 0. The summed E-state index contributed by atoms with van der Waals surface area (Å²) in [6.07, 6.45) is 3.89. The molecule has 1 aliphatic rings. The van der Waals surface area contributed by atoms with Gasteiger partial charge in [0.1, 0.15) is 11.8 Å². The quantitative estimate of drug-likeness (QED) is 0.420. The minimum absolute atomic E-state index is 0.0986. The number of aryl methyl sites for hydroxylation is 2. The Kier molecular flexibility index (Phi) is 5.00. The number of aromatic nitrogens is 3. The Bertz CT molecular complexity index is 1110. The molecule has 1 aromatic heterocycles. The van der Waals surface area contributed by atoms with Crippen LogP contribution >= 0.6 is 15.9 Å². The van der Waals surface area contributed by atoms with Gasteiger partial charge >= 0.3 is 0 Å². The van der Waals surface area contributed by atoms with Crippen LogP contribution in [0.5, 0.6) is 0 Å². The molecule has 4 aromatic rings. The normalized spacial score (nSPS) is 13.6. The second-order valence-corrected chi connectivity index (χ2v) is 8.05. The maximum absolute atomic E-state index is 6.45. The van der Waals surface area contributed by atoms with Crippen LogP contribution in [0.1, 0.15) is 34.1 Å².